The largest absolute Gasteiger partial charge is 0.497 e. The van der Waals surface area contributed by atoms with Gasteiger partial charge in [-0.2, -0.15) is 0 Å². The van der Waals surface area contributed by atoms with Crippen molar-refractivity contribution in [3.05, 3.63) is 47.5 Å². The van der Waals surface area contributed by atoms with Crippen molar-refractivity contribution in [3.8, 4) is 23.0 Å². The van der Waals surface area contributed by atoms with Gasteiger partial charge in [0.1, 0.15) is 24.7 Å². The number of methoxy groups -OCH3 is 2. The number of benzene rings is 2. The fraction of sp³-hybridized carbons (Fsp3) is 0.350. The highest BCUT2D eigenvalue weighted by molar-refractivity contribution is 5.97. The van der Waals surface area contributed by atoms with Crippen LogP contribution in [0.15, 0.2) is 36.4 Å². The van der Waals surface area contributed by atoms with Gasteiger partial charge in [0, 0.05) is 13.1 Å². The van der Waals surface area contributed by atoms with Crippen molar-refractivity contribution in [2.75, 3.05) is 34.0 Å². The highest BCUT2D eigenvalue weighted by Gasteiger charge is 2.21. The van der Waals surface area contributed by atoms with E-state index in [2.05, 4.69) is 0 Å². The van der Waals surface area contributed by atoms with Crippen molar-refractivity contribution >= 4 is 5.91 Å². The van der Waals surface area contributed by atoms with Crippen molar-refractivity contribution < 1.29 is 23.7 Å². The predicted octanol–water partition coefficient (Wildman–Crippen LogP) is 3.14. The van der Waals surface area contributed by atoms with E-state index in [9.17, 15) is 4.79 Å². The van der Waals surface area contributed by atoms with Crippen LogP contribution in [0, 0.1) is 0 Å². The summed E-state index contributed by atoms with van der Waals surface area (Å²) in [5.41, 5.74) is 1.46. The van der Waals surface area contributed by atoms with E-state index in [1.165, 1.54) is 0 Å². The van der Waals surface area contributed by atoms with E-state index in [1.54, 1.807) is 37.3 Å². The van der Waals surface area contributed by atoms with Gasteiger partial charge in [0.15, 0.2) is 11.5 Å². The number of carbonyl (C=O) groups is 1. The fourth-order valence-corrected chi connectivity index (χ4v) is 2.89. The molecular weight excluding hydrogens is 334 g/mol. The number of nitrogens with zero attached hydrogens (tertiary/aromatic N) is 1. The third-order valence-corrected chi connectivity index (χ3v) is 4.29. The molecule has 0 fully saturated rings. The summed E-state index contributed by atoms with van der Waals surface area (Å²) in [5, 5.41) is 0. The summed E-state index contributed by atoms with van der Waals surface area (Å²) in [6, 6.07) is 11.0. The van der Waals surface area contributed by atoms with Gasteiger partial charge in [0.05, 0.1) is 19.8 Å². The zero-order chi connectivity index (χ0) is 18.5. The first-order chi connectivity index (χ1) is 12.7. The summed E-state index contributed by atoms with van der Waals surface area (Å²) in [6.07, 6.45) is 0. The van der Waals surface area contributed by atoms with Gasteiger partial charge in [-0.1, -0.05) is 6.07 Å². The molecule has 0 aliphatic carbocycles. The molecule has 0 N–H and O–H groups in total. The van der Waals surface area contributed by atoms with E-state index < -0.39 is 0 Å². The normalized spacial score (nSPS) is 12.4. The lowest BCUT2D eigenvalue weighted by Gasteiger charge is -2.24. The quantitative estimate of drug-likeness (QED) is 0.795. The Kier molecular flexibility index (Phi) is 5.51. The lowest BCUT2D eigenvalue weighted by atomic mass is 10.1. The summed E-state index contributed by atoms with van der Waals surface area (Å²) in [6.45, 7) is 4.07. The molecule has 6 heteroatoms. The number of hydrogen-bond donors (Lipinski definition) is 0. The lowest BCUT2D eigenvalue weighted by Crippen LogP contribution is -2.30. The Morgan fingerprint density at radius 2 is 1.81 bits per heavy atom. The molecule has 138 valence electrons. The molecule has 6 nitrogen and oxygen atoms in total. The van der Waals surface area contributed by atoms with E-state index in [4.69, 9.17) is 18.9 Å². The van der Waals surface area contributed by atoms with Crippen LogP contribution in [0.1, 0.15) is 22.8 Å². The van der Waals surface area contributed by atoms with Crippen molar-refractivity contribution in [2.45, 2.75) is 13.5 Å². The molecule has 1 heterocycles. The minimum atomic E-state index is -0.113. The SMILES string of the molecule is CCN(Cc1ccc2c(c1)OCCO2)C(=O)c1cc(OC)ccc1OC. The Morgan fingerprint density at radius 1 is 1.04 bits per heavy atom. The number of ether oxygens (including phenoxy) is 4. The maximum Gasteiger partial charge on any atom is 0.258 e. The molecule has 0 spiro atoms. The molecule has 0 unspecified atom stereocenters. The van der Waals surface area contributed by atoms with Gasteiger partial charge in [0.25, 0.3) is 5.91 Å². The molecule has 26 heavy (non-hydrogen) atoms. The Morgan fingerprint density at radius 3 is 2.50 bits per heavy atom. The number of carbonyl (C=O) groups excluding carboxylic acids is 1. The van der Waals surface area contributed by atoms with E-state index >= 15 is 0 Å². The molecule has 0 saturated carbocycles. The Hall–Kier alpha value is -2.89. The average molecular weight is 357 g/mol. The second-order valence-electron chi connectivity index (χ2n) is 5.86. The molecule has 1 aliphatic rings. The van der Waals surface area contributed by atoms with Crippen LogP contribution in [0.4, 0.5) is 0 Å². The first-order valence-corrected chi connectivity index (χ1v) is 8.56. The molecule has 0 radical (unpaired) electrons. The molecule has 2 aromatic carbocycles. The molecule has 2 aromatic rings. The van der Waals surface area contributed by atoms with Crippen LogP contribution < -0.4 is 18.9 Å². The molecule has 3 rings (SSSR count). The minimum absolute atomic E-state index is 0.113. The lowest BCUT2D eigenvalue weighted by molar-refractivity contribution is 0.0748. The Bertz CT molecular complexity index is 790. The fourth-order valence-electron chi connectivity index (χ4n) is 2.89. The van der Waals surface area contributed by atoms with E-state index in [0.29, 0.717) is 43.4 Å². The van der Waals surface area contributed by atoms with Crippen molar-refractivity contribution in [2.24, 2.45) is 0 Å². The predicted molar refractivity (Wildman–Crippen MR) is 97.4 cm³/mol. The smallest absolute Gasteiger partial charge is 0.258 e. The molecule has 1 aliphatic heterocycles. The van der Waals surface area contributed by atoms with Crippen LogP contribution in [-0.2, 0) is 6.54 Å². The second kappa shape index (κ2) is 7.99. The van der Waals surface area contributed by atoms with Crippen LogP contribution in [-0.4, -0.2) is 44.8 Å². The van der Waals surface area contributed by atoms with Gasteiger partial charge < -0.3 is 23.8 Å². The average Bonchev–Trinajstić information content (AvgIpc) is 2.70. The van der Waals surface area contributed by atoms with E-state index in [1.807, 2.05) is 25.1 Å². The zero-order valence-corrected chi connectivity index (χ0v) is 15.3. The highest BCUT2D eigenvalue weighted by Crippen LogP contribution is 2.31. The van der Waals surface area contributed by atoms with Crippen molar-refractivity contribution in [3.63, 3.8) is 0 Å². The maximum atomic E-state index is 13.1. The molecule has 0 aromatic heterocycles. The summed E-state index contributed by atoms with van der Waals surface area (Å²) in [5.74, 6) is 2.49. The number of fused-ring (bicyclic) bond motifs is 1. The minimum Gasteiger partial charge on any atom is -0.497 e. The van der Waals surface area contributed by atoms with Crippen LogP contribution in [0.25, 0.3) is 0 Å². The van der Waals surface area contributed by atoms with Gasteiger partial charge in [-0.3, -0.25) is 4.79 Å². The van der Waals surface area contributed by atoms with E-state index in [-0.39, 0.29) is 5.91 Å². The summed E-state index contributed by atoms with van der Waals surface area (Å²) in [4.78, 5) is 14.8. The first kappa shape index (κ1) is 17.9. The highest BCUT2D eigenvalue weighted by atomic mass is 16.6. The Labute approximate surface area is 153 Å². The van der Waals surface area contributed by atoms with Crippen LogP contribution in [0.3, 0.4) is 0 Å². The van der Waals surface area contributed by atoms with Gasteiger partial charge in [-0.25, -0.2) is 0 Å². The standard InChI is InChI=1S/C20H23NO5/c1-4-21(13-14-5-7-18-19(11-14)26-10-9-25-18)20(22)16-12-15(23-2)6-8-17(16)24-3/h5-8,11-12H,4,9-10,13H2,1-3H3. The van der Waals surface area contributed by atoms with Gasteiger partial charge in [-0.15, -0.1) is 0 Å². The summed E-state index contributed by atoms with van der Waals surface area (Å²) >= 11 is 0. The van der Waals surface area contributed by atoms with Gasteiger partial charge in [0.2, 0.25) is 0 Å². The second-order valence-corrected chi connectivity index (χ2v) is 5.86. The van der Waals surface area contributed by atoms with Crippen LogP contribution in [0.5, 0.6) is 23.0 Å². The molecular formula is C20H23NO5. The summed E-state index contributed by atoms with van der Waals surface area (Å²) < 4.78 is 21.8. The molecule has 1 amide bonds. The number of amides is 1. The molecule has 0 bridgehead atoms. The molecule has 0 atom stereocenters. The van der Waals surface area contributed by atoms with Gasteiger partial charge in [-0.05, 0) is 42.8 Å². The van der Waals surface area contributed by atoms with Crippen LogP contribution in [0.2, 0.25) is 0 Å². The monoisotopic (exact) mass is 357 g/mol. The third-order valence-electron chi connectivity index (χ3n) is 4.29. The number of hydrogen-bond acceptors (Lipinski definition) is 5. The first-order valence-electron chi connectivity index (χ1n) is 8.56. The summed E-state index contributed by atoms with van der Waals surface area (Å²) in [7, 11) is 3.12. The molecule has 0 saturated heterocycles. The van der Waals surface area contributed by atoms with Gasteiger partial charge >= 0.3 is 0 Å². The van der Waals surface area contributed by atoms with E-state index in [0.717, 1.165) is 17.1 Å². The van der Waals surface area contributed by atoms with Crippen molar-refractivity contribution in [1.82, 2.24) is 4.90 Å². The maximum absolute atomic E-state index is 13.1. The van der Waals surface area contributed by atoms with Crippen molar-refractivity contribution in [1.29, 1.82) is 0 Å². The number of rotatable bonds is 6. The topological polar surface area (TPSA) is 57.2 Å². The zero-order valence-electron chi connectivity index (χ0n) is 15.3. The van der Waals surface area contributed by atoms with Crippen LogP contribution >= 0.6 is 0 Å². The third kappa shape index (κ3) is 3.69. The Balaban J connectivity index is 1.83.